The van der Waals surface area contributed by atoms with E-state index in [9.17, 15) is 0 Å². The van der Waals surface area contributed by atoms with Crippen molar-refractivity contribution >= 4 is 0 Å². The van der Waals surface area contributed by atoms with Crippen LogP contribution in [0.25, 0.3) is 11.5 Å². The van der Waals surface area contributed by atoms with Crippen LogP contribution in [-0.2, 0) is 5.41 Å². The Balaban J connectivity index is 1.94. The van der Waals surface area contributed by atoms with Crippen molar-refractivity contribution in [2.45, 2.75) is 25.7 Å². The number of aryl methyl sites for hydroxylation is 1. The molecule has 3 heterocycles. The van der Waals surface area contributed by atoms with Crippen molar-refractivity contribution in [2.24, 2.45) is 0 Å². The highest BCUT2D eigenvalue weighted by atomic mass is 16.5. The van der Waals surface area contributed by atoms with Crippen molar-refractivity contribution in [2.75, 3.05) is 13.1 Å². The lowest BCUT2D eigenvalue weighted by atomic mass is 9.90. The summed E-state index contributed by atoms with van der Waals surface area (Å²) in [7, 11) is 0. The Kier molecular flexibility index (Phi) is 2.63. The zero-order chi connectivity index (χ0) is 12.6. The number of pyridine rings is 1. The second-order valence-corrected chi connectivity index (χ2v) is 5.07. The van der Waals surface area contributed by atoms with Gasteiger partial charge in [-0.25, -0.2) is 4.98 Å². The lowest BCUT2D eigenvalue weighted by molar-refractivity contribution is 0.306. The van der Waals surface area contributed by atoms with Gasteiger partial charge in [-0.15, -0.1) is 0 Å². The molecule has 0 saturated carbocycles. The fourth-order valence-corrected chi connectivity index (χ4v) is 2.24. The summed E-state index contributed by atoms with van der Waals surface area (Å²) in [5.74, 6) is 1.27. The first kappa shape index (κ1) is 11.3. The molecule has 0 aliphatic carbocycles. The molecule has 1 aliphatic heterocycles. The van der Waals surface area contributed by atoms with Gasteiger partial charge in [0.05, 0.1) is 5.41 Å². The molecule has 2 aromatic rings. The summed E-state index contributed by atoms with van der Waals surface area (Å²) in [4.78, 5) is 8.90. The minimum absolute atomic E-state index is 0.0466. The molecule has 0 bridgehead atoms. The van der Waals surface area contributed by atoms with E-state index in [0.29, 0.717) is 11.7 Å². The molecule has 1 unspecified atom stereocenters. The average Bonchev–Trinajstić information content (AvgIpc) is 2.98. The Hall–Kier alpha value is -1.75. The molecule has 0 radical (unpaired) electrons. The lowest BCUT2D eigenvalue weighted by Crippen LogP contribution is -2.25. The number of nitrogens with one attached hydrogen (secondary N) is 1. The normalized spacial score (nSPS) is 23.4. The topological polar surface area (TPSA) is 63.8 Å². The van der Waals surface area contributed by atoms with Gasteiger partial charge in [0.1, 0.15) is 5.69 Å². The van der Waals surface area contributed by atoms with E-state index in [4.69, 9.17) is 4.52 Å². The predicted molar refractivity (Wildman–Crippen MR) is 67.1 cm³/mol. The van der Waals surface area contributed by atoms with E-state index in [-0.39, 0.29) is 5.41 Å². The van der Waals surface area contributed by atoms with Gasteiger partial charge < -0.3 is 9.84 Å². The van der Waals surface area contributed by atoms with Gasteiger partial charge in [0, 0.05) is 12.2 Å². The highest BCUT2D eigenvalue weighted by molar-refractivity contribution is 5.48. The maximum atomic E-state index is 5.40. The summed E-state index contributed by atoms with van der Waals surface area (Å²) in [5, 5.41) is 7.37. The van der Waals surface area contributed by atoms with Crippen LogP contribution in [0.2, 0.25) is 0 Å². The number of nitrogens with zero attached hydrogens (tertiary/aromatic N) is 3. The number of hydrogen-bond acceptors (Lipinski definition) is 5. The molecule has 5 heteroatoms. The van der Waals surface area contributed by atoms with Crippen molar-refractivity contribution in [3.05, 3.63) is 29.8 Å². The summed E-state index contributed by atoms with van der Waals surface area (Å²) in [5.41, 5.74) is 1.67. The SMILES string of the molecule is Cc1cccc(-c2noc(C3(C)CCNC3)n2)n1. The molecule has 5 nitrogen and oxygen atoms in total. The molecule has 18 heavy (non-hydrogen) atoms. The monoisotopic (exact) mass is 244 g/mol. The number of hydrogen-bond donors (Lipinski definition) is 1. The Morgan fingerprint density at radius 1 is 1.33 bits per heavy atom. The first-order valence-corrected chi connectivity index (χ1v) is 6.16. The average molecular weight is 244 g/mol. The summed E-state index contributed by atoms with van der Waals surface area (Å²) in [6.07, 6.45) is 1.02. The van der Waals surface area contributed by atoms with Crippen molar-refractivity contribution in [1.29, 1.82) is 0 Å². The second kappa shape index (κ2) is 4.17. The second-order valence-electron chi connectivity index (χ2n) is 5.07. The smallest absolute Gasteiger partial charge is 0.234 e. The molecule has 1 saturated heterocycles. The molecular weight excluding hydrogens is 228 g/mol. The minimum Gasteiger partial charge on any atom is -0.338 e. The van der Waals surface area contributed by atoms with Crippen LogP contribution in [0.1, 0.15) is 24.9 Å². The molecule has 0 spiro atoms. The highest BCUT2D eigenvalue weighted by Crippen LogP contribution is 2.29. The lowest BCUT2D eigenvalue weighted by Gasteiger charge is -2.15. The van der Waals surface area contributed by atoms with Crippen LogP contribution < -0.4 is 5.32 Å². The zero-order valence-electron chi connectivity index (χ0n) is 10.6. The van der Waals surface area contributed by atoms with E-state index < -0.39 is 0 Å². The van der Waals surface area contributed by atoms with Crippen molar-refractivity contribution in [3.63, 3.8) is 0 Å². The van der Waals surface area contributed by atoms with E-state index >= 15 is 0 Å². The van der Waals surface area contributed by atoms with E-state index in [1.807, 2.05) is 25.1 Å². The predicted octanol–water partition coefficient (Wildman–Crippen LogP) is 1.69. The Morgan fingerprint density at radius 3 is 2.94 bits per heavy atom. The molecule has 2 aromatic heterocycles. The quantitative estimate of drug-likeness (QED) is 0.871. The van der Waals surface area contributed by atoms with Crippen molar-refractivity contribution < 1.29 is 4.52 Å². The van der Waals surface area contributed by atoms with Gasteiger partial charge in [-0.05, 0) is 38.9 Å². The van der Waals surface area contributed by atoms with Crippen LogP contribution in [0.5, 0.6) is 0 Å². The third-order valence-corrected chi connectivity index (χ3v) is 3.43. The fourth-order valence-electron chi connectivity index (χ4n) is 2.24. The molecule has 1 atom stereocenters. The van der Waals surface area contributed by atoms with Gasteiger partial charge in [0.15, 0.2) is 0 Å². The molecule has 0 aromatic carbocycles. The zero-order valence-corrected chi connectivity index (χ0v) is 10.6. The Bertz CT molecular complexity index is 558. The van der Waals surface area contributed by atoms with E-state index in [2.05, 4.69) is 27.4 Å². The molecule has 94 valence electrons. The van der Waals surface area contributed by atoms with Crippen LogP contribution in [0, 0.1) is 6.92 Å². The van der Waals surface area contributed by atoms with Gasteiger partial charge in [-0.1, -0.05) is 11.2 Å². The van der Waals surface area contributed by atoms with Crippen LogP contribution in [0.4, 0.5) is 0 Å². The van der Waals surface area contributed by atoms with Gasteiger partial charge in [0.2, 0.25) is 11.7 Å². The third-order valence-electron chi connectivity index (χ3n) is 3.43. The maximum Gasteiger partial charge on any atom is 0.234 e. The molecule has 0 amide bonds. The van der Waals surface area contributed by atoms with Gasteiger partial charge in [0.25, 0.3) is 0 Å². The molecular formula is C13H16N4O. The van der Waals surface area contributed by atoms with Crippen molar-refractivity contribution in [3.8, 4) is 11.5 Å². The standard InChI is InChI=1S/C13H16N4O/c1-9-4-3-5-10(15-9)11-16-12(18-17-11)13(2)6-7-14-8-13/h3-5,14H,6-8H2,1-2H3. The van der Waals surface area contributed by atoms with E-state index in [0.717, 1.165) is 30.9 Å². The highest BCUT2D eigenvalue weighted by Gasteiger charge is 2.36. The summed E-state index contributed by atoms with van der Waals surface area (Å²) in [6, 6.07) is 5.80. The maximum absolute atomic E-state index is 5.40. The van der Waals surface area contributed by atoms with Crippen LogP contribution >= 0.6 is 0 Å². The first-order valence-electron chi connectivity index (χ1n) is 6.16. The summed E-state index contributed by atoms with van der Waals surface area (Å²) in [6.45, 7) is 5.98. The van der Waals surface area contributed by atoms with Crippen LogP contribution in [0.15, 0.2) is 22.7 Å². The van der Waals surface area contributed by atoms with Gasteiger partial charge in [-0.3, -0.25) is 0 Å². The van der Waals surface area contributed by atoms with Crippen LogP contribution in [0.3, 0.4) is 0 Å². The minimum atomic E-state index is -0.0466. The third kappa shape index (κ3) is 1.90. The van der Waals surface area contributed by atoms with Crippen LogP contribution in [-0.4, -0.2) is 28.2 Å². The number of rotatable bonds is 2. The molecule has 1 N–H and O–H groups in total. The first-order chi connectivity index (χ1) is 8.67. The summed E-state index contributed by atoms with van der Waals surface area (Å²) >= 11 is 0. The van der Waals surface area contributed by atoms with Gasteiger partial charge in [-0.2, -0.15) is 4.98 Å². The fraction of sp³-hybridized carbons (Fsp3) is 0.462. The largest absolute Gasteiger partial charge is 0.338 e. The molecule has 1 aliphatic rings. The number of aromatic nitrogens is 3. The molecule has 1 fully saturated rings. The van der Waals surface area contributed by atoms with Gasteiger partial charge >= 0.3 is 0 Å². The Morgan fingerprint density at radius 2 is 2.22 bits per heavy atom. The van der Waals surface area contributed by atoms with E-state index in [1.165, 1.54) is 0 Å². The Labute approximate surface area is 106 Å². The molecule has 3 rings (SSSR count). The van der Waals surface area contributed by atoms with Crippen molar-refractivity contribution in [1.82, 2.24) is 20.4 Å². The summed E-state index contributed by atoms with van der Waals surface area (Å²) < 4.78 is 5.40. The van der Waals surface area contributed by atoms with E-state index in [1.54, 1.807) is 0 Å².